The van der Waals surface area contributed by atoms with Crippen molar-refractivity contribution < 1.29 is 9.79 Å². The monoisotopic (exact) mass is 127 g/mol. The fourth-order valence-corrected chi connectivity index (χ4v) is 0.995. The molecule has 50 valence electrons. The van der Waals surface area contributed by atoms with Crippen LogP contribution in [0.15, 0.2) is 0 Å². The van der Waals surface area contributed by atoms with Crippen LogP contribution in [0.3, 0.4) is 0 Å². The van der Waals surface area contributed by atoms with Crippen LogP contribution in [0.4, 0.5) is 0 Å². The molecule has 0 spiro atoms. The minimum atomic E-state index is 0.110. The summed E-state index contributed by atoms with van der Waals surface area (Å²) in [6, 6.07) is 0.291. The molecule has 1 aliphatic rings. The van der Waals surface area contributed by atoms with Gasteiger partial charge in [0.2, 0.25) is 5.84 Å². The van der Waals surface area contributed by atoms with E-state index in [0.717, 1.165) is 5.84 Å². The second-order valence-electron chi connectivity index (χ2n) is 2.42. The van der Waals surface area contributed by atoms with Gasteiger partial charge in [-0.05, 0) is 6.92 Å². The molecule has 3 nitrogen and oxygen atoms in total. The fraction of sp³-hybridized carbons (Fsp3) is 0.667. The summed E-state index contributed by atoms with van der Waals surface area (Å²) in [6.07, 6.45) is 0.581. The van der Waals surface area contributed by atoms with Crippen molar-refractivity contribution in [3.63, 3.8) is 0 Å². The van der Waals surface area contributed by atoms with Crippen LogP contribution in [0, 0.1) is 0 Å². The van der Waals surface area contributed by atoms with Gasteiger partial charge in [-0.2, -0.15) is 0 Å². The molecule has 1 atom stereocenters. The second-order valence-corrected chi connectivity index (χ2v) is 2.42. The second kappa shape index (κ2) is 2.17. The number of carbonyl (C=O) groups excluding carboxylic acids is 1. The van der Waals surface area contributed by atoms with Crippen LogP contribution in [0.2, 0.25) is 0 Å². The van der Waals surface area contributed by atoms with Crippen LogP contribution in [0.5, 0.6) is 0 Å². The van der Waals surface area contributed by atoms with E-state index in [4.69, 9.17) is 0 Å². The van der Waals surface area contributed by atoms with E-state index < -0.39 is 0 Å². The molecule has 0 bridgehead atoms. The summed E-state index contributed by atoms with van der Waals surface area (Å²) < 4.78 is 0. The van der Waals surface area contributed by atoms with Gasteiger partial charge in [0.1, 0.15) is 6.04 Å². The van der Waals surface area contributed by atoms with Crippen LogP contribution in [0.1, 0.15) is 20.3 Å². The number of amides is 1. The molecule has 9 heavy (non-hydrogen) atoms. The summed E-state index contributed by atoms with van der Waals surface area (Å²) in [7, 11) is 0. The summed E-state index contributed by atoms with van der Waals surface area (Å²) in [4.78, 5) is 13.8. The van der Waals surface area contributed by atoms with E-state index in [9.17, 15) is 4.79 Å². The molecule has 0 aromatic heterocycles. The lowest BCUT2D eigenvalue weighted by Crippen LogP contribution is -2.84. The minimum absolute atomic E-state index is 0.110. The lowest BCUT2D eigenvalue weighted by atomic mass is 10.2. The third-order valence-corrected chi connectivity index (χ3v) is 1.28. The lowest BCUT2D eigenvalue weighted by Gasteiger charge is -2.08. The number of hydrogen-bond acceptors (Lipinski definition) is 1. The first-order valence-electron chi connectivity index (χ1n) is 3.08. The molecular weight excluding hydrogens is 116 g/mol. The van der Waals surface area contributed by atoms with Crippen molar-refractivity contribution in [2.45, 2.75) is 26.3 Å². The molecule has 0 radical (unpaired) electrons. The van der Waals surface area contributed by atoms with Gasteiger partial charge in [-0.15, -0.1) is 0 Å². The Morgan fingerprint density at radius 2 is 2.44 bits per heavy atom. The molecule has 1 heterocycles. The van der Waals surface area contributed by atoms with E-state index in [0.29, 0.717) is 12.5 Å². The van der Waals surface area contributed by atoms with E-state index in [1.807, 2.05) is 13.8 Å². The van der Waals surface area contributed by atoms with E-state index in [1.165, 1.54) is 0 Å². The van der Waals surface area contributed by atoms with Gasteiger partial charge < -0.3 is 0 Å². The first-order valence-corrected chi connectivity index (χ1v) is 3.08. The van der Waals surface area contributed by atoms with Crippen molar-refractivity contribution in [2.75, 3.05) is 0 Å². The smallest absolute Gasteiger partial charge is 0.275 e. The summed E-state index contributed by atoms with van der Waals surface area (Å²) in [5.41, 5.74) is 0. The molecule has 2 N–H and O–H groups in total. The Bertz CT molecular complexity index is 162. The third kappa shape index (κ3) is 1.52. The molecule has 0 aromatic carbocycles. The van der Waals surface area contributed by atoms with Crippen molar-refractivity contribution in [3.8, 4) is 0 Å². The predicted octanol–water partition coefficient (Wildman–Crippen LogP) is -1.61. The number of amidine groups is 1. The van der Waals surface area contributed by atoms with Crippen LogP contribution in [0.25, 0.3) is 0 Å². The summed E-state index contributed by atoms with van der Waals surface area (Å²) in [6.45, 7) is 3.84. The SMILES string of the molecule is CC1=[NH+]C(C)CC(=O)N1. The molecule has 0 saturated heterocycles. The Hall–Kier alpha value is -0.860. The average Bonchev–Trinajstić information content (AvgIpc) is 1.59. The molecule has 3 heteroatoms. The van der Waals surface area contributed by atoms with Crippen molar-refractivity contribution in [1.82, 2.24) is 5.32 Å². The zero-order valence-corrected chi connectivity index (χ0v) is 5.69. The predicted molar refractivity (Wildman–Crippen MR) is 33.9 cm³/mol. The van der Waals surface area contributed by atoms with E-state index in [1.54, 1.807) is 0 Å². The lowest BCUT2D eigenvalue weighted by molar-refractivity contribution is -0.502. The standard InChI is InChI=1S/C6H10N2O/c1-4-3-6(9)8-5(2)7-4/h4H,3H2,1-2H3,(H,7,8,9)/p+1. The van der Waals surface area contributed by atoms with Gasteiger partial charge in [0.05, 0.1) is 6.42 Å². The Morgan fingerprint density at radius 1 is 1.78 bits per heavy atom. The number of hydrogen-bond donors (Lipinski definition) is 2. The molecule has 0 saturated carbocycles. The highest BCUT2D eigenvalue weighted by Crippen LogP contribution is 1.85. The van der Waals surface area contributed by atoms with Gasteiger partial charge >= 0.3 is 5.91 Å². The molecule has 1 amide bonds. The van der Waals surface area contributed by atoms with Gasteiger partial charge in [0, 0.05) is 6.92 Å². The van der Waals surface area contributed by atoms with Gasteiger partial charge in [-0.25, -0.2) is 10.1 Å². The van der Waals surface area contributed by atoms with Crippen LogP contribution < -0.4 is 10.3 Å². The van der Waals surface area contributed by atoms with Gasteiger partial charge in [-0.3, -0.25) is 4.99 Å². The summed E-state index contributed by atoms with van der Waals surface area (Å²) in [5.74, 6) is 0.970. The van der Waals surface area contributed by atoms with Crippen molar-refractivity contribution >= 4 is 11.7 Å². The normalized spacial score (nSPS) is 27.1. The third-order valence-electron chi connectivity index (χ3n) is 1.28. The van der Waals surface area contributed by atoms with E-state index in [-0.39, 0.29) is 5.91 Å². The molecular formula is C6H11N2O+. The Labute approximate surface area is 54.2 Å². The van der Waals surface area contributed by atoms with Crippen molar-refractivity contribution in [2.24, 2.45) is 0 Å². The van der Waals surface area contributed by atoms with Gasteiger partial charge in [0.25, 0.3) is 0 Å². The Balaban J connectivity index is 2.67. The zero-order valence-electron chi connectivity index (χ0n) is 5.69. The Morgan fingerprint density at radius 3 is 2.89 bits per heavy atom. The van der Waals surface area contributed by atoms with Gasteiger partial charge in [-0.1, -0.05) is 0 Å². The maximum atomic E-state index is 10.7. The van der Waals surface area contributed by atoms with Crippen molar-refractivity contribution in [3.05, 3.63) is 0 Å². The molecule has 1 aliphatic heterocycles. The maximum Gasteiger partial charge on any atom is 0.311 e. The zero-order chi connectivity index (χ0) is 6.85. The quantitative estimate of drug-likeness (QED) is 0.404. The minimum Gasteiger partial charge on any atom is -0.275 e. The topological polar surface area (TPSA) is 43.1 Å². The summed E-state index contributed by atoms with van der Waals surface area (Å²) in [5, 5.41) is 2.68. The Kier molecular flexibility index (Phi) is 1.51. The van der Waals surface area contributed by atoms with Crippen molar-refractivity contribution in [1.29, 1.82) is 0 Å². The molecule has 1 unspecified atom stereocenters. The number of rotatable bonds is 0. The maximum absolute atomic E-state index is 10.7. The van der Waals surface area contributed by atoms with E-state index in [2.05, 4.69) is 10.3 Å². The molecule has 0 aromatic rings. The highest BCUT2D eigenvalue weighted by molar-refractivity contribution is 5.95. The summed E-state index contributed by atoms with van der Waals surface area (Å²) >= 11 is 0. The van der Waals surface area contributed by atoms with E-state index >= 15 is 0 Å². The van der Waals surface area contributed by atoms with Crippen LogP contribution in [-0.4, -0.2) is 17.8 Å². The molecule has 1 rings (SSSR count). The first-order chi connectivity index (χ1) is 4.18. The van der Waals surface area contributed by atoms with Gasteiger partial charge in [0.15, 0.2) is 0 Å². The molecule has 0 aliphatic carbocycles. The van der Waals surface area contributed by atoms with Crippen LogP contribution in [-0.2, 0) is 4.79 Å². The highest BCUT2D eigenvalue weighted by Gasteiger charge is 2.19. The number of nitrogens with one attached hydrogen (secondary N) is 2. The highest BCUT2D eigenvalue weighted by atomic mass is 16.1. The average molecular weight is 127 g/mol. The first kappa shape index (κ1) is 6.26. The largest absolute Gasteiger partial charge is 0.311 e. The number of carbonyl (C=O) groups is 1. The fourth-order valence-electron chi connectivity index (χ4n) is 0.995. The molecule has 0 fully saturated rings. The van der Waals surface area contributed by atoms with Crippen LogP contribution >= 0.6 is 0 Å².